The van der Waals surface area contributed by atoms with Crippen molar-refractivity contribution >= 4 is 32.7 Å². The molecule has 0 aliphatic heterocycles. The molecule has 0 aliphatic rings. The van der Waals surface area contributed by atoms with E-state index in [9.17, 15) is 4.79 Å². The number of carbonyl (C=O) groups is 1. The average Bonchev–Trinajstić information content (AvgIpc) is 3.00. The zero-order valence-corrected chi connectivity index (χ0v) is 14.6. The monoisotopic (exact) mass is 372 g/mol. The molecule has 4 nitrogen and oxygen atoms in total. The van der Waals surface area contributed by atoms with Gasteiger partial charge in [0, 0.05) is 29.0 Å². The van der Waals surface area contributed by atoms with Crippen LogP contribution in [0.5, 0.6) is 5.75 Å². The van der Waals surface area contributed by atoms with Crippen LogP contribution in [0.4, 0.5) is 0 Å². The van der Waals surface area contributed by atoms with E-state index in [1.807, 2.05) is 48.5 Å². The minimum Gasteiger partial charge on any atom is -0.497 e. The lowest BCUT2D eigenvalue weighted by Crippen LogP contribution is -2.26. The van der Waals surface area contributed by atoms with E-state index in [1.54, 1.807) is 19.1 Å². The summed E-state index contributed by atoms with van der Waals surface area (Å²) in [7, 11) is 3.42. The standard InChI is InChI=1S/C18H17BrN2O2/c1-21(11-13-9-14(23-2)7-8-15(13)19)18(22)17-10-12-5-3-4-6-16(12)20-17/h3-10,20H,11H2,1-2H3. The van der Waals surface area contributed by atoms with Gasteiger partial charge in [-0.25, -0.2) is 0 Å². The molecule has 3 aromatic rings. The van der Waals surface area contributed by atoms with Crippen LogP contribution in [0.25, 0.3) is 10.9 Å². The van der Waals surface area contributed by atoms with Crippen molar-refractivity contribution in [1.29, 1.82) is 0 Å². The lowest BCUT2D eigenvalue weighted by Gasteiger charge is -2.18. The van der Waals surface area contributed by atoms with E-state index >= 15 is 0 Å². The van der Waals surface area contributed by atoms with Crippen molar-refractivity contribution in [2.75, 3.05) is 14.2 Å². The molecule has 0 spiro atoms. The van der Waals surface area contributed by atoms with Crippen LogP contribution < -0.4 is 4.74 Å². The highest BCUT2D eigenvalue weighted by molar-refractivity contribution is 9.10. The van der Waals surface area contributed by atoms with Gasteiger partial charge in [0.05, 0.1) is 7.11 Å². The summed E-state index contributed by atoms with van der Waals surface area (Å²) < 4.78 is 6.20. The predicted molar refractivity (Wildman–Crippen MR) is 94.8 cm³/mol. The van der Waals surface area contributed by atoms with Crippen molar-refractivity contribution in [2.45, 2.75) is 6.54 Å². The van der Waals surface area contributed by atoms with Gasteiger partial charge in [0.2, 0.25) is 0 Å². The zero-order chi connectivity index (χ0) is 16.4. The summed E-state index contributed by atoms with van der Waals surface area (Å²) in [4.78, 5) is 17.5. The number of nitrogens with one attached hydrogen (secondary N) is 1. The van der Waals surface area contributed by atoms with E-state index in [1.165, 1.54) is 0 Å². The number of halogens is 1. The summed E-state index contributed by atoms with van der Waals surface area (Å²) in [6.07, 6.45) is 0. The lowest BCUT2D eigenvalue weighted by atomic mass is 10.2. The van der Waals surface area contributed by atoms with Crippen LogP contribution in [0, 0.1) is 0 Å². The fraction of sp³-hybridized carbons (Fsp3) is 0.167. The van der Waals surface area contributed by atoms with Crippen molar-refractivity contribution in [3.05, 3.63) is 64.3 Å². The van der Waals surface area contributed by atoms with Gasteiger partial charge in [-0.05, 0) is 35.9 Å². The Bertz CT molecular complexity index is 824. The smallest absolute Gasteiger partial charge is 0.270 e. The second kappa shape index (κ2) is 6.46. The van der Waals surface area contributed by atoms with Gasteiger partial charge >= 0.3 is 0 Å². The number of rotatable bonds is 4. The van der Waals surface area contributed by atoms with Crippen LogP contribution in [-0.4, -0.2) is 29.9 Å². The Morgan fingerprint density at radius 3 is 2.74 bits per heavy atom. The van der Waals surface area contributed by atoms with Crippen molar-refractivity contribution in [3.8, 4) is 5.75 Å². The van der Waals surface area contributed by atoms with E-state index in [-0.39, 0.29) is 5.91 Å². The number of carbonyl (C=O) groups excluding carboxylic acids is 1. The summed E-state index contributed by atoms with van der Waals surface area (Å²) in [6, 6.07) is 15.5. The van der Waals surface area contributed by atoms with Gasteiger partial charge in [-0.2, -0.15) is 0 Å². The number of H-pyrrole nitrogens is 1. The van der Waals surface area contributed by atoms with Gasteiger partial charge in [0.1, 0.15) is 11.4 Å². The van der Waals surface area contributed by atoms with Crippen molar-refractivity contribution in [2.24, 2.45) is 0 Å². The molecule has 0 unspecified atom stereocenters. The van der Waals surface area contributed by atoms with Gasteiger partial charge in [0.15, 0.2) is 0 Å². The molecule has 0 saturated heterocycles. The minimum atomic E-state index is -0.0454. The number of aromatic nitrogens is 1. The maximum Gasteiger partial charge on any atom is 0.270 e. The van der Waals surface area contributed by atoms with Crippen LogP contribution in [-0.2, 0) is 6.54 Å². The fourth-order valence-electron chi connectivity index (χ4n) is 2.52. The molecule has 5 heteroatoms. The normalized spacial score (nSPS) is 10.7. The minimum absolute atomic E-state index is 0.0454. The third-order valence-electron chi connectivity index (χ3n) is 3.77. The number of amides is 1. The van der Waals surface area contributed by atoms with Gasteiger partial charge < -0.3 is 14.6 Å². The Morgan fingerprint density at radius 2 is 2.00 bits per heavy atom. The van der Waals surface area contributed by atoms with E-state index in [0.29, 0.717) is 12.2 Å². The van der Waals surface area contributed by atoms with Crippen molar-refractivity contribution in [1.82, 2.24) is 9.88 Å². The van der Waals surface area contributed by atoms with E-state index in [4.69, 9.17) is 4.74 Å². The van der Waals surface area contributed by atoms with Gasteiger partial charge in [0.25, 0.3) is 5.91 Å². The molecule has 0 atom stereocenters. The Hall–Kier alpha value is -2.27. The second-order valence-corrected chi connectivity index (χ2v) is 6.24. The Balaban J connectivity index is 1.82. The van der Waals surface area contributed by atoms with Gasteiger partial charge in [-0.1, -0.05) is 34.1 Å². The highest BCUT2D eigenvalue weighted by atomic mass is 79.9. The lowest BCUT2D eigenvalue weighted by molar-refractivity contribution is 0.0780. The molecule has 0 bridgehead atoms. The number of aromatic amines is 1. The molecule has 0 radical (unpaired) electrons. The summed E-state index contributed by atoms with van der Waals surface area (Å²) in [6.45, 7) is 0.492. The summed E-state index contributed by atoms with van der Waals surface area (Å²) >= 11 is 3.52. The Labute approximate surface area is 143 Å². The maximum atomic E-state index is 12.6. The SMILES string of the molecule is COc1ccc(Br)c(CN(C)C(=O)c2cc3ccccc3[nH]2)c1. The molecule has 2 aromatic carbocycles. The topological polar surface area (TPSA) is 45.3 Å². The van der Waals surface area contributed by atoms with E-state index in [2.05, 4.69) is 20.9 Å². The molecular weight excluding hydrogens is 356 g/mol. The molecule has 1 heterocycles. The third-order valence-corrected chi connectivity index (χ3v) is 4.54. The fourth-order valence-corrected chi connectivity index (χ4v) is 2.89. The highest BCUT2D eigenvalue weighted by Crippen LogP contribution is 2.24. The third kappa shape index (κ3) is 3.24. The van der Waals surface area contributed by atoms with Crippen LogP contribution in [0.15, 0.2) is 53.0 Å². The highest BCUT2D eigenvalue weighted by Gasteiger charge is 2.16. The molecule has 3 rings (SSSR count). The average molecular weight is 373 g/mol. The Morgan fingerprint density at radius 1 is 1.22 bits per heavy atom. The summed E-state index contributed by atoms with van der Waals surface area (Å²) in [5.41, 5.74) is 2.55. The molecule has 1 N–H and O–H groups in total. The van der Waals surface area contributed by atoms with Crippen molar-refractivity contribution < 1.29 is 9.53 Å². The van der Waals surface area contributed by atoms with Crippen LogP contribution >= 0.6 is 15.9 Å². The molecule has 0 aliphatic carbocycles. The predicted octanol–water partition coefficient (Wildman–Crippen LogP) is 4.21. The molecule has 0 saturated carbocycles. The van der Waals surface area contributed by atoms with E-state index < -0.39 is 0 Å². The quantitative estimate of drug-likeness (QED) is 0.745. The number of methoxy groups -OCH3 is 1. The summed E-state index contributed by atoms with van der Waals surface area (Å²) in [5, 5.41) is 1.03. The van der Waals surface area contributed by atoms with Crippen LogP contribution in [0.3, 0.4) is 0 Å². The van der Waals surface area contributed by atoms with Crippen LogP contribution in [0.1, 0.15) is 16.1 Å². The number of benzene rings is 2. The van der Waals surface area contributed by atoms with Crippen molar-refractivity contribution in [3.63, 3.8) is 0 Å². The molecule has 1 amide bonds. The first-order valence-electron chi connectivity index (χ1n) is 7.24. The number of ether oxygens (including phenoxy) is 1. The number of para-hydroxylation sites is 1. The van der Waals surface area contributed by atoms with E-state index in [0.717, 1.165) is 26.7 Å². The Kier molecular flexibility index (Phi) is 4.39. The first-order chi connectivity index (χ1) is 11.1. The molecule has 118 valence electrons. The number of fused-ring (bicyclic) bond motifs is 1. The summed E-state index contributed by atoms with van der Waals surface area (Å²) in [5.74, 6) is 0.727. The number of hydrogen-bond acceptors (Lipinski definition) is 2. The number of hydrogen-bond donors (Lipinski definition) is 1. The first kappa shape index (κ1) is 15.6. The second-order valence-electron chi connectivity index (χ2n) is 5.39. The molecule has 1 aromatic heterocycles. The number of nitrogens with zero attached hydrogens (tertiary/aromatic N) is 1. The molecule has 23 heavy (non-hydrogen) atoms. The molecular formula is C18H17BrN2O2. The van der Waals surface area contributed by atoms with Gasteiger partial charge in [-0.3, -0.25) is 4.79 Å². The first-order valence-corrected chi connectivity index (χ1v) is 8.03. The van der Waals surface area contributed by atoms with Crippen LogP contribution in [0.2, 0.25) is 0 Å². The largest absolute Gasteiger partial charge is 0.497 e. The maximum absolute atomic E-state index is 12.6. The van der Waals surface area contributed by atoms with Gasteiger partial charge in [-0.15, -0.1) is 0 Å². The molecule has 0 fully saturated rings. The zero-order valence-electron chi connectivity index (χ0n) is 13.0.